The molecule has 0 radical (unpaired) electrons. The highest BCUT2D eigenvalue weighted by molar-refractivity contribution is 4.81. The molecular weight excluding hydrogens is 220 g/mol. The van der Waals surface area contributed by atoms with E-state index in [4.69, 9.17) is 0 Å². The van der Waals surface area contributed by atoms with Crippen molar-refractivity contribution in [3.8, 4) is 0 Å². The number of unbranched alkanes of at least 4 members (excludes halogenated alkanes) is 3. The van der Waals surface area contributed by atoms with Crippen molar-refractivity contribution >= 4 is 0 Å². The summed E-state index contributed by atoms with van der Waals surface area (Å²) >= 11 is 0. The Morgan fingerprint density at radius 1 is 0.944 bits per heavy atom. The van der Waals surface area contributed by atoms with Crippen LogP contribution in [0.25, 0.3) is 0 Å². The van der Waals surface area contributed by atoms with E-state index in [2.05, 4.69) is 31.0 Å². The number of nitrogens with zero attached hydrogens (tertiary/aromatic N) is 1. The fourth-order valence-electron chi connectivity index (χ4n) is 3.10. The summed E-state index contributed by atoms with van der Waals surface area (Å²) in [6.45, 7) is 13.3. The minimum absolute atomic E-state index is 0.558. The second-order valence-electron chi connectivity index (χ2n) is 6.40. The fourth-order valence-corrected chi connectivity index (χ4v) is 3.10. The molecule has 1 aliphatic heterocycles. The summed E-state index contributed by atoms with van der Waals surface area (Å²) < 4.78 is 0. The van der Waals surface area contributed by atoms with Crippen LogP contribution in [0.4, 0.5) is 0 Å². The van der Waals surface area contributed by atoms with Crippen LogP contribution in [-0.2, 0) is 0 Å². The van der Waals surface area contributed by atoms with Crippen LogP contribution in [0, 0.1) is 5.41 Å². The third-order valence-corrected chi connectivity index (χ3v) is 4.33. The zero-order chi connectivity index (χ0) is 13.3. The maximum Gasteiger partial charge on any atom is 0.0108 e. The Labute approximate surface area is 115 Å². The third-order valence-electron chi connectivity index (χ3n) is 4.33. The zero-order valence-corrected chi connectivity index (χ0v) is 12.9. The summed E-state index contributed by atoms with van der Waals surface area (Å²) in [5.74, 6) is 0. The predicted molar refractivity (Wildman–Crippen MR) is 81.1 cm³/mol. The van der Waals surface area contributed by atoms with Crippen LogP contribution < -0.4 is 5.32 Å². The molecule has 1 N–H and O–H groups in total. The van der Waals surface area contributed by atoms with Crippen LogP contribution in [0.5, 0.6) is 0 Å². The first-order valence-electron chi connectivity index (χ1n) is 8.13. The molecule has 1 heterocycles. The molecule has 0 bridgehead atoms. The predicted octanol–water partition coefficient (Wildman–Crippen LogP) is 3.67. The minimum atomic E-state index is 0.558. The van der Waals surface area contributed by atoms with E-state index >= 15 is 0 Å². The topological polar surface area (TPSA) is 15.3 Å². The number of hydrogen-bond acceptors (Lipinski definition) is 2. The Hall–Kier alpha value is -0.0800. The maximum absolute atomic E-state index is 3.45. The van der Waals surface area contributed by atoms with Gasteiger partial charge in [-0.15, -0.1) is 0 Å². The van der Waals surface area contributed by atoms with E-state index in [0.29, 0.717) is 5.41 Å². The standard InChI is InChI=1S/C16H34N2/c1-4-6-8-10-16(3,9-7-5-2)15-18-13-11-17-12-14-18/h17H,4-15H2,1-3H3. The van der Waals surface area contributed by atoms with Crippen molar-refractivity contribution in [3.05, 3.63) is 0 Å². The van der Waals surface area contributed by atoms with Crippen molar-refractivity contribution in [1.82, 2.24) is 10.2 Å². The molecule has 2 nitrogen and oxygen atoms in total. The Bertz CT molecular complexity index is 199. The van der Waals surface area contributed by atoms with Gasteiger partial charge in [0, 0.05) is 32.7 Å². The summed E-state index contributed by atoms with van der Waals surface area (Å²) in [5, 5.41) is 3.45. The molecule has 0 aromatic carbocycles. The largest absolute Gasteiger partial charge is 0.314 e. The molecule has 1 saturated heterocycles. The van der Waals surface area contributed by atoms with Crippen molar-refractivity contribution < 1.29 is 0 Å². The van der Waals surface area contributed by atoms with Gasteiger partial charge in [-0.25, -0.2) is 0 Å². The zero-order valence-electron chi connectivity index (χ0n) is 12.9. The van der Waals surface area contributed by atoms with Gasteiger partial charge >= 0.3 is 0 Å². The number of nitrogens with one attached hydrogen (secondary N) is 1. The third kappa shape index (κ3) is 6.19. The summed E-state index contributed by atoms with van der Waals surface area (Å²) in [5.41, 5.74) is 0.558. The molecule has 0 aromatic rings. The summed E-state index contributed by atoms with van der Waals surface area (Å²) in [4.78, 5) is 2.68. The highest BCUT2D eigenvalue weighted by Crippen LogP contribution is 2.32. The molecular formula is C16H34N2. The second-order valence-corrected chi connectivity index (χ2v) is 6.40. The average Bonchev–Trinajstić information content (AvgIpc) is 2.38. The van der Waals surface area contributed by atoms with Gasteiger partial charge in [0.1, 0.15) is 0 Å². The van der Waals surface area contributed by atoms with Crippen molar-refractivity contribution in [1.29, 1.82) is 0 Å². The highest BCUT2D eigenvalue weighted by Gasteiger charge is 2.26. The van der Waals surface area contributed by atoms with Gasteiger partial charge in [-0.1, -0.05) is 52.9 Å². The lowest BCUT2D eigenvalue weighted by molar-refractivity contribution is 0.126. The van der Waals surface area contributed by atoms with E-state index in [1.54, 1.807) is 0 Å². The molecule has 1 atom stereocenters. The normalized spacial score (nSPS) is 20.8. The van der Waals surface area contributed by atoms with Gasteiger partial charge < -0.3 is 10.2 Å². The number of piperazine rings is 1. The summed E-state index contributed by atoms with van der Waals surface area (Å²) in [7, 11) is 0. The van der Waals surface area contributed by atoms with Crippen LogP contribution >= 0.6 is 0 Å². The van der Waals surface area contributed by atoms with Gasteiger partial charge in [0.25, 0.3) is 0 Å². The van der Waals surface area contributed by atoms with Crippen LogP contribution in [-0.4, -0.2) is 37.6 Å². The SMILES string of the molecule is CCCCCC(C)(CCCC)CN1CCNCC1. The molecule has 18 heavy (non-hydrogen) atoms. The lowest BCUT2D eigenvalue weighted by Gasteiger charge is -2.38. The molecule has 0 spiro atoms. The average molecular weight is 254 g/mol. The van der Waals surface area contributed by atoms with Crippen molar-refractivity contribution in [2.75, 3.05) is 32.7 Å². The molecule has 1 unspecified atom stereocenters. The highest BCUT2D eigenvalue weighted by atomic mass is 15.2. The van der Waals surface area contributed by atoms with E-state index in [9.17, 15) is 0 Å². The fraction of sp³-hybridized carbons (Fsp3) is 1.00. The molecule has 0 aromatic heterocycles. The lowest BCUT2D eigenvalue weighted by atomic mass is 9.79. The van der Waals surface area contributed by atoms with Gasteiger partial charge in [-0.2, -0.15) is 0 Å². The van der Waals surface area contributed by atoms with Crippen molar-refractivity contribution in [2.45, 2.75) is 65.7 Å². The number of rotatable bonds is 9. The van der Waals surface area contributed by atoms with E-state index in [0.717, 1.165) is 0 Å². The van der Waals surface area contributed by atoms with Crippen LogP contribution in [0.3, 0.4) is 0 Å². The Morgan fingerprint density at radius 3 is 2.17 bits per heavy atom. The van der Waals surface area contributed by atoms with Crippen LogP contribution in [0.15, 0.2) is 0 Å². The van der Waals surface area contributed by atoms with Crippen LogP contribution in [0.1, 0.15) is 65.7 Å². The van der Waals surface area contributed by atoms with E-state index in [1.165, 1.54) is 77.7 Å². The monoisotopic (exact) mass is 254 g/mol. The Kier molecular flexibility index (Phi) is 7.92. The van der Waals surface area contributed by atoms with Gasteiger partial charge in [-0.3, -0.25) is 0 Å². The molecule has 1 aliphatic rings. The summed E-state index contributed by atoms with van der Waals surface area (Å²) in [6.07, 6.45) is 9.74. The smallest absolute Gasteiger partial charge is 0.0108 e. The first kappa shape index (κ1) is 16.0. The van der Waals surface area contributed by atoms with Crippen LogP contribution in [0.2, 0.25) is 0 Å². The number of hydrogen-bond donors (Lipinski definition) is 1. The molecule has 1 fully saturated rings. The molecule has 0 amide bonds. The molecule has 2 heteroatoms. The van der Waals surface area contributed by atoms with Crippen molar-refractivity contribution in [3.63, 3.8) is 0 Å². The maximum atomic E-state index is 3.45. The van der Waals surface area contributed by atoms with E-state index in [-0.39, 0.29) is 0 Å². The quantitative estimate of drug-likeness (QED) is 0.632. The van der Waals surface area contributed by atoms with Crippen molar-refractivity contribution in [2.24, 2.45) is 5.41 Å². The minimum Gasteiger partial charge on any atom is -0.314 e. The van der Waals surface area contributed by atoms with Gasteiger partial charge in [0.2, 0.25) is 0 Å². The lowest BCUT2D eigenvalue weighted by Crippen LogP contribution is -2.47. The first-order chi connectivity index (χ1) is 8.70. The Morgan fingerprint density at radius 2 is 1.56 bits per heavy atom. The van der Waals surface area contributed by atoms with Gasteiger partial charge in [0.05, 0.1) is 0 Å². The van der Waals surface area contributed by atoms with E-state index < -0.39 is 0 Å². The van der Waals surface area contributed by atoms with Gasteiger partial charge in [0.15, 0.2) is 0 Å². The summed E-state index contributed by atoms with van der Waals surface area (Å²) in [6, 6.07) is 0. The first-order valence-corrected chi connectivity index (χ1v) is 8.13. The molecule has 108 valence electrons. The second kappa shape index (κ2) is 8.92. The molecule has 0 saturated carbocycles. The molecule has 1 rings (SSSR count). The van der Waals surface area contributed by atoms with E-state index in [1.807, 2.05) is 0 Å². The Balaban J connectivity index is 2.40. The van der Waals surface area contributed by atoms with Gasteiger partial charge in [-0.05, 0) is 18.3 Å². The molecule has 0 aliphatic carbocycles.